The lowest BCUT2D eigenvalue weighted by Crippen LogP contribution is -2.38. The quantitative estimate of drug-likeness (QED) is 0.857. The van der Waals surface area contributed by atoms with Crippen LogP contribution >= 0.6 is 0 Å². The Hall–Kier alpha value is -2.53. The normalized spacial score (nSPS) is 17.7. The Morgan fingerprint density at radius 1 is 1.15 bits per heavy atom. The minimum Gasteiger partial charge on any atom is -0.493 e. The van der Waals surface area contributed by atoms with Crippen molar-refractivity contribution in [1.82, 2.24) is 4.90 Å². The van der Waals surface area contributed by atoms with Gasteiger partial charge in [-0.3, -0.25) is 9.69 Å². The number of piperidine rings is 1. The second-order valence-corrected chi connectivity index (χ2v) is 6.64. The number of carboxylic acids is 1. The first kappa shape index (κ1) is 18.3. The van der Waals surface area contributed by atoms with Crippen LogP contribution in [0.25, 0.3) is 11.1 Å². The molecule has 1 aliphatic rings. The van der Waals surface area contributed by atoms with Crippen molar-refractivity contribution in [3.63, 3.8) is 0 Å². The molecule has 2 aromatic rings. The second kappa shape index (κ2) is 8.23. The van der Waals surface area contributed by atoms with Gasteiger partial charge in [0, 0.05) is 13.1 Å². The molecule has 0 radical (unpaired) electrons. The van der Waals surface area contributed by atoms with Gasteiger partial charge in [0.15, 0.2) is 11.5 Å². The lowest BCUT2D eigenvalue weighted by atomic mass is 9.95. The SMILES string of the molecule is COc1cc(CN2CCCC(C(=O)O)C2)c(-c2ccccc2)cc1OC. The van der Waals surface area contributed by atoms with Gasteiger partial charge in [-0.25, -0.2) is 0 Å². The zero-order chi connectivity index (χ0) is 18.5. The summed E-state index contributed by atoms with van der Waals surface area (Å²) in [6, 6.07) is 14.2. The third kappa shape index (κ3) is 3.99. The summed E-state index contributed by atoms with van der Waals surface area (Å²) in [6.45, 7) is 2.18. The maximum atomic E-state index is 11.4. The summed E-state index contributed by atoms with van der Waals surface area (Å²) in [6.07, 6.45) is 1.66. The van der Waals surface area contributed by atoms with Crippen LogP contribution in [-0.2, 0) is 11.3 Å². The van der Waals surface area contributed by atoms with Gasteiger partial charge in [-0.2, -0.15) is 0 Å². The van der Waals surface area contributed by atoms with E-state index < -0.39 is 5.97 Å². The Labute approximate surface area is 154 Å². The molecule has 138 valence electrons. The number of carboxylic acid groups (broad SMARTS) is 1. The van der Waals surface area contributed by atoms with Crippen molar-refractivity contribution in [2.24, 2.45) is 5.92 Å². The Morgan fingerprint density at radius 3 is 2.50 bits per heavy atom. The maximum absolute atomic E-state index is 11.4. The number of likely N-dealkylation sites (tertiary alicyclic amines) is 1. The van der Waals surface area contributed by atoms with Crippen molar-refractivity contribution >= 4 is 5.97 Å². The zero-order valence-electron chi connectivity index (χ0n) is 15.3. The van der Waals surface area contributed by atoms with Crippen molar-refractivity contribution in [3.8, 4) is 22.6 Å². The van der Waals surface area contributed by atoms with Crippen LogP contribution in [0.1, 0.15) is 18.4 Å². The molecular weight excluding hydrogens is 330 g/mol. The molecule has 5 heteroatoms. The fourth-order valence-corrected chi connectivity index (χ4v) is 3.58. The van der Waals surface area contributed by atoms with Gasteiger partial charge in [-0.15, -0.1) is 0 Å². The minimum atomic E-state index is -0.703. The number of benzene rings is 2. The lowest BCUT2D eigenvalue weighted by Gasteiger charge is -2.31. The van der Waals surface area contributed by atoms with E-state index in [-0.39, 0.29) is 5.92 Å². The molecule has 0 aromatic heterocycles. The second-order valence-electron chi connectivity index (χ2n) is 6.64. The van der Waals surface area contributed by atoms with Crippen molar-refractivity contribution in [2.45, 2.75) is 19.4 Å². The molecule has 1 unspecified atom stereocenters. The molecule has 0 saturated carbocycles. The van der Waals surface area contributed by atoms with Gasteiger partial charge in [0.1, 0.15) is 0 Å². The third-order valence-corrected chi connectivity index (χ3v) is 4.94. The molecule has 0 amide bonds. The minimum absolute atomic E-state index is 0.288. The van der Waals surface area contributed by atoms with Gasteiger partial charge in [-0.1, -0.05) is 30.3 Å². The number of methoxy groups -OCH3 is 2. The highest BCUT2D eigenvalue weighted by atomic mass is 16.5. The highest BCUT2D eigenvalue weighted by Gasteiger charge is 2.26. The van der Waals surface area contributed by atoms with E-state index in [9.17, 15) is 9.90 Å². The Balaban J connectivity index is 1.95. The van der Waals surface area contributed by atoms with Crippen LogP contribution < -0.4 is 9.47 Å². The predicted molar refractivity (Wildman–Crippen MR) is 101 cm³/mol. The van der Waals surface area contributed by atoms with E-state index >= 15 is 0 Å². The number of nitrogens with zero attached hydrogens (tertiary/aromatic N) is 1. The molecule has 0 spiro atoms. The van der Waals surface area contributed by atoms with Crippen LogP contribution in [-0.4, -0.2) is 43.3 Å². The Kier molecular flexibility index (Phi) is 5.78. The van der Waals surface area contributed by atoms with Crippen LogP contribution in [0.5, 0.6) is 11.5 Å². The smallest absolute Gasteiger partial charge is 0.307 e. The average molecular weight is 355 g/mol. The first-order valence-electron chi connectivity index (χ1n) is 8.88. The summed E-state index contributed by atoms with van der Waals surface area (Å²) < 4.78 is 11.0. The monoisotopic (exact) mass is 355 g/mol. The van der Waals surface area contributed by atoms with Gasteiger partial charge < -0.3 is 14.6 Å². The fraction of sp³-hybridized carbons (Fsp3) is 0.381. The summed E-state index contributed by atoms with van der Waals surface area (Å²) >= 11 is 0. The van der Waals surface area contributed by atoms with Gasteiger partial charge >= 0.3 is 5.97 Å². The number of hydrogen-bond donors (Lipinski definition) is 1. The van der Waals surface area contributed by atoms with E-state index in [1.165, 1.54) is 0 Å². The number of ether oxygens (including phenoxy) is 2. The molecule has 5 nitrogen and oxygen atoms in total. The summed E-state index contributed by atoms with van der Waals surface area (Å²) in [4.78, 5) is 13.6. The zero-order valence-corrected chi connectivity index (χ0v) is 15.3. The molecular formula is C21H25NO4. The summed E-state index contributed by atoms with van der Waals surface area (Å²) in [5, 5.41) is 9.34. The molecule has 1 aliphatic heterocycles. The Morgan fingerprint density at radius 2 is 1.85 bits per heavy atom. The standard InChI is InChI=1S/C21H25NO4/c1-25-19-11-17(14-22-10-6-9-16(13-22)21(23)24)18(12-20(19)26-2)15-7-4-3-5-8-15/h3-5,7-8,11-12,16H,6,9-10,13-14H2,1-2H3,(H,23,24). The van der Waals surface area contributed by atoms with Gasteiger partial charge in [0.05, 0.1) is 20.1 Å². The number of hydrogen-bond acceptors (Lipinski definition) is 4. The highest BCUT2D eigenvalue weighted by molar-refractivity contribution is 5.72. The fourth-order valence-electron chi connectivity index (χ4n) is 3.58. The van der Waals surface area contributed by atoms with E-state index in [1.807, 2.05) is 30.3 Å². The molecule has 1 heterocycles. The van der Waals surface area contributed by atoms with E-state index in [2.05, 4.69) is 17.0 Å². The third-order valence-electron chi connectivity index (χ3n) is 4.94. The largest absolute Gasteiger partial charge is 0.493 e. The van der Waals surface area contributed by atoms with E-state index in [0.29, 0.717) is 24.6 Å². The topological polar surface area (TPSA) is 59.0 Å². The molecule has 1 atom stereocenters. The average Bonchev–Trinajstić information content (AvgIpc) is 2.68. The van der Waals surface area contributed by atoms with Crippen LogP contribution in [0.2, 0.25) is 0 Å². The van der Waals surface area contributed by atoms with Crippen molar-refractivity contribution < 1.29 is 19.4 Å². The molecule has 26 heavy (non-hydrogen) atoms. The van der Waals surface area contributed by atoms with Crippen LogP contribution in [0, 0.1) is 5.92 Å². The Bertz CT molecular complexity index is 760. The molecule has 0 aliphatic carbocycles. The van der Waals surface area contributed by atoms with Gasteiger partial charge in [0.2, 0.25) is 0 Å². The maximum Gasteiger partial charge on any atom is 0.307 e. The van der Waals surface area contributed by atoms with E-state index in [4.69, 9.17) is 9.47 Å². The lowest BCUT2D eigenvalue weighted by molar-refractivity contribution is -0.143. The van der Waals surface area contributed by atoms with E-state index in [1.54, 1.807) is 14.2 Å². The van der Waals surface area contributed by atoms with Crippen molar-refractivity contribution in [3.05, 3.63) is 48.0 Å². The predicted octanol–water partition coefficient (Wildman–Crippen LogP) is 3.67. The van der Waals surface area contributed by atoms with Crippen LogP contribution in [0.4, 0.5) is 0 Å². The van der Waals surface area contributed by atoms with Gasteiger partial charge in [0.25, 0.3) is 0 Å². The highest BCUT2D eigenvalue weighted by Crippen LogP contribution is 2.36. The number of rotatable bonds is 6. The molecule has 1 N–H and O–H groups in total. The molecule has 0 bridgehead atoms. The summed E-state index contributed by atoms with van der Waals surface area (Å²) in [5.74, 6) is 0.389. The molecule has 2 aromatic carbocycles. The number of aliphatic carboxylic acids is 1. The molecule has 1 saturated heterocycles. The van der Waals surface area contributed by atoms with E-state index in [0.717, 1.165) is 36.1 Å². The first-order valence-corrected chi connectivity index (χ1v) is 8.88. The first-order chi connectivity index (χ1) is 12.6. The summed E-state index contributed by atoms with van der Waals surface area (Å²) in [7, 11) is 3.26. The van der Waals surface area contributed by atoms with Crippen molar-refractivity contribution in [1.29, 1.82) is 0 Å². The molecule has 3 rings (SSSR count). The van der Waals surface area contributed by atoms with Crippen molar-refractivity contribution in [2.75, 3.05) is 27.3 Å². The van der Waals surface area contributed by atoms with Gasteiger partial charge in [-0.05, 0) is 48.2 Å². The van der Waals surface area contributed by atoms with Crippen LogP contribution in [0.15, 0.2) is 42.5 Å². The number of carbonyl (C=O) groups is 1. The van der Waals surface area contributed by atoms with Crippen LogP contribution in [0.3, 0.4) is 0 Å². The molecule has 1 fully saturated rings. The summed E-state index contributed by atoms with van der Waals surface area (Å²) in [5.41, 5.74) is 3.30.